The van der Waals surface area contributed by atoms with Gasteiger partial charge in [-0.3, -0.25) is 10.1 Å². The van der Waals surface area contributed by atoms with Crippen molar-refractivity contribution in [1.29, 1.82) is 0 Å². The molecule has 1 rings (SSSR count). The zero-order valence-corrected chi connectivity index (χ0v) is 7.47. The molecule has 0 aromatic carbocycles. The summed E-state index contributed by atoms with van der Waals surface area (Å²) >= 11 is 0. The summed E-state index contributed by atoms with van der Waals surface area (Å²) in [7, 11) is 1.17. The van der Waals surface area contributed by atoms with Crippen molar-refractivity contribution in [3.63, 3.8) is 0 Å². The van der Waals surface area contributed by atoms with Crippen LogP contribution in [0.15, 0.2) is 23.5 Å². The maximum absolute atomic E-state index is 11.0. The number of aliphatic hydroxyl groups is 1. The van der Waals surface area contributed by atoms with Gasteiger partial charge in [-0.25, -0.2) is 4.79 Å². The van der Waals surface area contributed by atoms with E-state index < -0.39 is 16.9 Å². The third-order valence-electron chi connectivity index (χ3n) is 1.80. The lowest BCUT2D eigenvalue weighted by Crippen LogP contribution is -2.22. The van der Waals surface area contributed by atoms with Crippen molar-refractivity contribution in [3.8, 4) is 0 Å². The van der Waals surface area contributed by atoms with Crippen LogP contribution in [-0.4, -0.2) is 29.2 Å². The largest absolute Gasteiger partial charge is 0.512 e. The molecule has 0 aromatic rings. The fraction of sp³-hybridized carbons (Fsp3) is 0.375. The monoisotopic (exact) mass is 199 g/mol. The summed E-state index contributed by atoms with van der Waals surface area (Å²) in [5.74, 6) is -0.877. The van der Waals surface area contributed by atoms with Crippen LogP contribution in [0.3, 0.4) is 0 Å². The average molecular weight is 199 g/mol. The summed E-state index contributed by atoms with van der Waals surface area (Å²) in [5.41, 5.74) is 0.0120. The number of rotatable bonds is 2. The van der Waals surface area contributed by atoms with Crippen LogP contribution in [0.2, 0.25) is 0 Å². The standard InChI is InChI=1S/C8H9NO5/c1-14-8(11)5-2-6(9(12)13)4-7(10)3-5/h2-3,6,10H,4H2,1H3. The highest BCUT2D eigenvalue weighted by molar-refractivity contribution is 5.91. The van der Waals surface area contributed by atoms with Gasteiger partial charge < -0.3 is 9.84 Å². The van der Waals surface area contributed by atoms with Crippen molar-refractivity contribution >= 4 is 5.97 Å². The van der Waals surface area contributed by atoms with E-state index in [0.717, 1.165) is 0 Å². The molecule has 0 heterocycles. The number of carbonyl (C=O) groups excluding carboxylic acids is 1. The van der Waals surface area contributed by atoms with Crippen LogP contribution in [0.25, 0.3) is 0 Å². The van der Waals surface area contributed by atoms with E-state index in [2.05, 4.69) is 4.74 Å². The van der Waals surface area contributed by atoms with Gasteiger partial charge in [0, 0.05) is 11.0 Å². The van der Waals surface area contributed by atoms with Crippen LogP contribution >= 0.6 is 0 Å². The van der Waals surface area contributed by atoms with Gasteiger partial charge in [0.05, 0.1) is 19.1 Å². The lowest BCUT2D eigenvalue weighted by atomic mass is 10.0. The molecule has 0 fully saturated rings. The maximum Gasteiger partial charge on any atom is 0.337 e. The highest BCUT2D eigenvalue weighted by Crippen LogP contribution is 2.18. The van der Waals surface area contributed by atoms with Gasteiger partial charge in [-0.1, -0.05) is 0 Å². The summed E-state index contributed by atoms with van der Waals surface area (Å²) in [6.07, 6.45) is 2.25. The van der Waals surface area contributed by atoms with E-state index in [-0.39, 0.29) is 17.8 Å². The minimum atomic E-state index is -1.06. The molecule has 76 valence electrons. The van der Waals surface area contributed by atoms with E-state index >= 15 is 0 Å². The maximum atomic E-state index is 11.0. The zero-order valence-electron chi connectivity index (χ0n) is 7.47. The first-order valence-corrected chi connectivity index (χ1v) is 3.87. The molecule has 1 N–H and O–H groups in total. The van der Waals surface area contributed by atoms with E-state index in [0.29, 0.717) is 0 Å². The molecule has 1 unspecified atom stereocenters. The van der Waals surface area contributed by atoms with E-state index in [1.807, 2.05) is 0 Å². The number of aliphatic hydroxyl groups excluding tert-OH is 1. The minimum Gasteiger partial charge on any atom is -0.512 e. The van der Waals surface area contributed by atoms with Crippen LogP contribution in [0.1, 0.15) is 6.42 Å². The highest BCUT2D eigenvalue weighted by atomic mass is 16.6. The molecular formula is C8H9NO5. The van der Waals surface area contributed by atoms with Crippen LogP contribution in [0.5, 0.6) is 0 Å². The Morgan fingerprint density at radius 2 is 2.43 bits per heavy atom. The van der Waals surface area contributed by atoms with Crippen LogP contribution in [0.4, 0.5) is 0 Å². The first-order valence-electron chi connectivity index (χ1n) is 3.87. The Hall–Kier alpha value is -1.85. The van der Waals surface area contributed by atoms with Crippen LogP contribution < -0.4 is 0 Å². The van der Waals surface area contributed by atoms with Crippen LogP contribution in [-0.2, 0) is 9.53 Å². The summed E-state index contributed by atoms with van der Waals surface area (Å²) in [6.45, 7) is 0. The lowest BCUT2D eigenvalue weighted by molar-refractivity contribution is -0.509. The van der Waals surface area contributed by atoms with Gasteiger partial charge in [0.25, 0.3) is 0 Å². The third-order valence-corrected chi connectivity index (χ3v) is 1.80. The minimum absolute atomic E-state index is 0.0120. The van der Waals surface area contributed by atoms with Crippen molar-refractivity contribution in [3.05, 3.63) is 33.6 Å². The molecule has 0 saturated heterocycles. The number of methoxy groups -OCH3 is 1. The lowest BCUT2D eigenvalue weighted by Gasteiger charge is -2.11. The molecule has 14 heavy (non-hydrogen) atoms. The predicted molar refractivity (Wildman–Crippen MR) is 46.2 cm³/mol. The second kappa shape index (κ2) is 3.91. The molecule has 0 amide bonds. The van der Waals surface area contributed by atoms with Gasteiger partial charge in [-0.15, -0.1) is 0 Å². The van der Waals surface area contributed by atoms with Crippen molar-refractivity contribution in [2.24, 2.45) is 0 Å². The number of esters is 1. The molecule has 0 bridgehead atoms. The number of nitro groups is 1. The van der Waals surface area contributed by atoms with Gasteiger partial charge in [0.1, 0.15) is 5.76 Å². The van der Waals surface area contributed by atoms with Crippen molar-refractivity contribution in [2.45, 2.75) is 12.5 Å². The number of ether oxygens (including phenoxy) is 1. The molecule has 0 saturated carbocycles. The third kappa shape index (κ3) is 2.09. The summed E-state index contributed by atoms with van der Waals surface area (Å²) in [5, 5.41) is 19.6. The van der Waals surface area contributed by atoms with Crippen LogP contribution in [0, 0.1) is 10.1 Å². The first-order chi connectivity index (χ1) is 6.54. The number of hydrogen-bond acceptors (Lipinski definition) is 5. The van der Waals surface area contributed by atoms with Crippen molar-refractivity contribution in [1.82, 2.24) is 0 Å². The van der Waals surface area contributed by atoms with Gasteiger partial charge in [-0.05, 0) is 6.08 Å². The second-order valence-corrected chi connectivity index (χ2v) is 2.81. The van der Waals surface area contributed by atoms with Gasteiger partial charge in [0.15, 0.2) is 0 Å². The van der Waals surface area contributed by atoms with E-state index in [4.69, 9.17) is 5.11 Å². The van der Waals surface area contributed by atoms with Gasteiger partial charge >= 0.3 is 5.97 Å². The van der Waals surface area contributed by atoms with E-state index in [1.54, 1.807) is 0 Å². The first kappa shape index (κ1) is 10.2. The Balaban J connectivity index is 2.93. The van der Waals surface area contributed by atoms with E-state index in [9.17, 15) is 14.9 Å². The molecule has 1 atom stereocenters. The highest BCUT2D eigenvalue weighted by Gasteiger charge is 2.26. The number of carbonyl (C=O) groups is 1. The molecule has 6 heteroatoms. The Morgan fingerprint density at radius 3 is 2.93 bits per heavy atom. The fourth-order valence-electron chi connectivity index (χ4n) is 1.15. The topological polar surface area (TPSA) is 89.7 Å². The molecule has 1 aliphatic carbocycles. The fourth-order valence-corrected chi connectivity index (χ4v) is 1.15. The molecule has 6 nitrogen and oxygen atoms in total. The molecule has 0 radical (unpaired) electrons. The smallest absolute Gasteiger partial charge is 0.337 e. The average Bonchev–Trinajstić information content (AvgIpc) is 2.15. The second-order valence-electron chi connectivity index (χ2n) is 2.81. The number of nitrogens with zero attached hydrogens (tertiary/aromatic N) is 1. The van der Waals surface area contributed by atoms with Gasteiger partial charge in [0.2, 0.25) is 6.04 Å². The zero-order chi connectivity index (χ0) is 10.7. The van der Waals surface area contributed by atoms with Gasteiger partial charge in [-0.2, -0.15) is 0 Å². The summed E-state index contributed by atoms with van der Waals surface area (Å²) in [4.78, 5) is 20.9. The molecule has 0 aromatic heterocycles. The Kier molecular flexibility index (Phi) is 2.85. The summed E-state index contributed by atoms with van der Waals surface area (Å²) < 4.78 is 4.38. The quantitative estimate of drug-likeness (QED) is 0.399. The van der Waals surface area contributed by atoms with E-state index in [1.165, 1.54) is 19.3 Å². The molecule has 0 spiro atoms. The Labute approximate surface area is 79.6 Å². The SMILES string of the molecule is COC(=O)C1=CC([N+](=O)[O-])CC(O)=C1. The van der Waals surface area contributed by atoms with Crippen molar-refractivity contribution in [2.75, 3.05) is 7.11 Å². The molecule has 1 aliphatic rings. The predicted octanol–water partition coefficient (Wildman–Crippen LogP) is 0.577. The molecular weight excluding hydrogens is 190 g/mol. The summed E-state index contributed by atoms with van der Waals surface area (Å²) in [6, 6.07) is -1.06. The Morgan fingerprint density at radius 1 is 1.79 bits per heavy atom. The normalized spacial score (nSPS) is 20.8. The number of hydrogen-bond donors (Lipinski definition) is 1. The van der Waals surface area contributed by atoms with Crippen molar-refractivity contribution < 1.29 is 19.6 Å². The Bertz CT molecular complexity index is 331. The molecule has 0 aliphatic heterocycles.